The molecule has 0 amide bonds. The maximum Gasteiger partial charge on any atom is 0.219 e. The normalized spacial score (nSPS) is 10.2. The van der Waals surface area contributed by atoms with Gasteiger partial charge in [-0.25, -0.2) is 4.98 Å². The van der Waals surface area contributed by atoms with Crippen LogP contribution in [0.5, 0.6) is 5.88 Å². The molecule has 0 fully saturated rings. The van der Waals surface area contributed by atoms with Crippen molar-refractivity contribution in [2.45, 2.75) is 6.61 Å². The van der Waals surface area contributed by atoms with Crippen LogP contribution in [0.1, 0.15) is 5.56 Å². The summed E-state index contributed by atoms with van der Waals surface area (Å²) in [4.78, 5) is 4.48. The Morgan fingerprint density at radius 3 is 2.41 bits per heavy atom. The van der Waals surface area contributed by atoms with Gasteiger partial charge in [0, 0.05) is 18.2 Å². The molecule has 0 bridgehead atoms. The van der Waals surface area contributed by atoms with Gasteiger partial charge in [0.25, 0.3) is 0 Å². The van der Waals surface area contributed by atoms with Crippen LogP contribution in [0.2, 0.25) is 0 Å². The number of nitrogens with zero attached hydrogens (tertiary/aromatic N) is 1. The predicted octanol–water partition coefficient (Wildman–Crippen LogP) is 2.90. The molecule has 0 spiro atoms. The molecular formula is C14H15NO2. The number of benzene rings is 1. The van der Waals surface area contributed by atoms with Crippen LogP contribution in [0, 0.1) is 0 Å². The number of hydrogen-bond acceptors (Lipinski definition) is 3. The van der Waals surface area contributed by atoms with Crippen molar-refractivity contribution < 1.29 is 9.47 Å². The molecule has 0 saturated heterocycles. The van der Waals surface area contributed by atoms with E-state index in [0.717, 1.165) is 16.8 Å². The van der Waals surface area contributed by atoms with Crippen molar-refractivity contribution in [1.29, 1.82) is 0 Å². The van der Waals surface area contributed by atoms with Gasteiger partial charge in [0.15, 0.2) is 0 Å². The molecule has 1 aromatic carbocycles. The number of methoxy groups -OCH3 is 2. The van der Waals surface area contributed by atoms with Gasteiger partial charge in [0.2, 0.25) is 5.88 Å². The Labute approximate surface area is 101 Å². The molecule has 0 aliphatic rings. The zero-order valence-electron chi connectivity index (χ0n) is 10.0. The van der Waals surface area contributed by atoms with Gasteiger partial charge in [0.1, 0.15) is 0 Å². The van der Waals surface area contributed by atoms with E-state index in [4.69, 9.17) is 9.47 Å². The lowest BCUT2D eigenvalue weighted by molar-refractivity contribution is 0.181. The quantitative estimate of drug-likeness (QED) is 0.807. The molecule has 2 aromatic rings. The minimum atomic E-state index is 0.505. The van der Waals surface area contributed by atoms with Gasteiger partial charge in [-0.15, -0.1) is 0 Å². The predicted molar refractivity (Wildman–Crippen MR) is 66.9 cm³/mol. The fraction of sp³-hybridized carbons (Fsp3) is 0.214. The lowest BCUT2D eigenvalue weighted by Crippen LogP contribution is -1.97. The minimum absolute atomic E-state index is 0.505. The molecule has 3 nitrogen and oxygen atoms in total. The standard InChI is InChI=1S/C14H15NO2/c1-16-10-12-8-9-13(15-14(12)17-2)11-6-4-3-5-7-11/h3-9H,10H2,1-2H3. The lowest BCUT2D eigenvalue weighted by Gasteiger charge is -2.08. The highest BCUT2D eigenvalue weighted by Gasteiger charge is 2.07. The van der Waals surface area contributed by atoms with E-state index in [1.807, 2.05) is 42.5 Å². The van der Waals surface area contributed by atoms with Crippen LogP contribution >= 0.6 is 0 Å². The molecule has 17 heavy (non-hydrogen) atoms. The highest BCUT2D eigenvalue weighted by Crippen LogP contribution is 2.23. The van der Waals surface area contributed by atoms with E-state index < -0.39 is 0 Å². The van der Waals surface area contributed by atoms with Crippen molar-refractivity contribution in [3.63, 3.8) is 0 Å². The van der Waals surface area contributed by atoms with Crippen LogP contribution in [0.3, 0.4) is 0 Å². The molecule has 88 valence electrons. The molecule has 1 heterocycles. The first kappa shape index (κ1) is 11.6. The van der Waals surface area contributed by atoms with Crippen LogP contribution < -0.4 is 4.74 Å². The van der Waals surface area contributed by atoms with E-state index >= 15 is 0 Å². The number of pyridine rings is 1. The van der Waals surface area contributed by atoms with Crippen LogP contribution in [0.15, 0.2) is 42.5 Å². The SMILES string of the molecule is COCc1ccc(-c2ccccc2)nc1OC. The second-order valence-electron chi connectivity index (χ2n) is 3.66. The van der Waals surface area contributed by atoms with Crippen LogP contribution in [0.4, 0.5) is 0 Å². The third-order valence-corrected chi connectivity index (χ3v) is 2.50. The Balaban J connectivity index is 2.38. The van der Waals surface area contributed by atoms with E-state index in [2.05, 4.69) is 4.98 Å². The first-order valence-corrected chi connectivity index (χ1v) is 5.43. The molecule has 2 rings (SSSR count). The number of aromatic nitrogens is 1. The van der Waals surface area contributed by atoms with Crippen molar-refractivity contribution in [2.75, 3.05) is 14.2 Å². The molecule has 0 aliphatic carbocycles. The van der Waals surface area contributed by atoms with Gasteiger partial charge in [-0.1, -0.05) is 30.3 Å². The smallest absolute Gasteiger partial charge is 0.219 e. The molecule has 0 unspecified atom stereocenters. The van der Waals surface area contributed by atoms with E-state index in [-0.39, 0.29) is 0 Å². The van der Waals surface area contributed by atoms with Crippen molar-refractivity contribution in [2.24, 2.45) is 0 Å². The Hall–Kier alpha value is -1.87. The third kappa shape index (κ3) is 2.63. The number of ether oxygens (including phenoxy) is 2. The summed E-state index contributed by atoms with van der Waals surface area (Å²) in [6, 6.07) is 14.0. The Bertz CT molecular complexity index is 483. The molecule has 1 aromatic heterocycles. The van der Waals surface area contributed by atoms with E-state index in [1.165, 1.54) is 0 Å². The largest absolute Gasteiger partial charge is 0.481 e. The van der Waals surface area contributed by atoms with Gasteiger partial charge in [-0.3, -0.25) is 0 Å². The molecule has 0 saturated carbocycles. The zero-order chi connectivity index (χ0) is 12.1. The summed E-state index contributed by atoms with van der Waals surface area (Å²) in [6.45, 7) is 0.505. The average Bonchev–Trinajstić information content (AvgIpc) is 2.40. The summed E-state index contributed by atoms with van der Waals surface area (Å²) >= 11 is 0. The summed E-state index contributed by atoms with van der Waals surface area (Å²) in [6.07, 6.45) is 0. The van der Waals surface area contributed by atoms with Crippen LogP contribution in [-0.4, -0.2) is 19.2 Å². The Kier molecular flexibility index (Phi) is 3.73. The topological polar surface area (TPSA) is 31.4 Å². The van der Waals surface area contributed by atoms with E-state index in [0.29, 0.717) is 12.5 Å². The second-order valence-corrected chi connectivity index (χ2v) is 3.66. The minimum Gasteiger partial charge on any atom is -0.481 e. The molecule has 0 N–H and O–H groups in total. The first-order valence-electron chi connectivity index (χ1n) is 5.43. The first-order chi connectivity index (χ1) is 8.35. The van der Waals surface area contributed by atoms with Crippen molar-refractivity contribution in [1.82, 2.24) is 4.98 Å². The fourth-order valence-corrected chi connectivity index (χ4v) is 1.68. The lowest BCUT2D eigenvalue weighted by atomic mass is 10.1. The summed E-state index contributed by atoms with van der Waals surface area (Å²) in [5.74, 6) is 0.619. The maximum absolute atomic E-state index is 5.27. The average molecular weight is 229 g/mol. The highest BCUT2D eigenvalue weighted by molar-refractivity contribution is 5.60. The van der Waals surface area contributed by atoms with Crippen LogP contribution in [0.25, 0.3) is 11.3 Å². The van der Waals surface area contributed by atoms with Gasteiger partial charge in [0.05, 0.1) is 19.4 Å². The maximum atomic E-state index is 5.27. The van der Waals surface area contributed by atoms with Gasteiger partial charge >= 0.3 is 0 Å². The van der Waals surface area contributed by atoms with Crippen LogP contribution in [-0.2, 0) is 11.3 Å². The second kappa shape index (κ2) is 5.46. The third-order valence-electron chi connectivity index (χ3n) is 2.50. The summed E-state index contributed by atoms with van der Waals surface area (Å²) in [7, 11) is 3.28. The summed E-state index contributed by atoms with van der Waals surface area (Å²) in [5.41, 5.74) is 2.94. The van der Waals surface area contributed by atoms with Crippen molar-refractivity contribution in [3.8, 4) is 17.1 Å². The zero-order valence-corrected chi connectivity index (χ0v) is 10.0. The summed E-state index contributed by atoms with van der Waals surface area (Å²) in [5, 5.41) is 0. The molecule has 0 atom stereocenters. The van der Waals surface area contributed by atoms with E-state index in [1.54, 1.807) is 14.2 Å². The monoisotopic (exact) mass is 229 g/mol. The molecular weight excluding hydrogens is 214 g/mol. The van der Waals surface area contributed by atoms with Crippen molar-refractivity contribution >= 4 is 0 Å². The molecule has 0 aliphatic heterocycles. The van der Waals surface area contributed by atoms with Crippen molar-refractivity contribution in [3.05, 3.63) is 48.0 Å². The Morgan fingerprint density at radius 2 is 1.76 bits per heavy atom. The molecule has 3 heteroatoms. The Morgan fingerprint density at radius 1 is 1.00 bits per heavy atom. The van der Waals surface area contributed by atoms with E-state index in [9.17, 15) is 0 Å². The van der Waals surface area contributed by atoms with Gasteiger partial charge in [-0.05, 0) is 12.1 Å². The summed E-state index contributed by atoms with van der Waals surface area (Å²) < 4.78 is 10.4. The van der Waals surface area contributed by atoms with Gasteiger partial charge < -0.3 is 9.47 Å². The number of rotatable bonds is 4. The highest BCUT2D eigenvalue weighted by atomic mass is 16.5. The molecule has 0 radical (unpaired) electrons. The number of hydrogen-bond donors (Lipinski definition) is 0. The fourth-order valence-electron chi connectivity index (χ4n) is 1.68. The van der Waals surface area contributed by atoms with Gasteiger partial charge in [-0.2, -0.15) is 0 Å².